The Morgan fingerprint density at radius 3 is 2.73 bits per heavy atom. The van der Waals surface area contributed by atoms with Crippen molar-refractivity contribution < 1.29 is 17.9 Å². The molecule has 0 unspecified atom stereocenters. The van der Waals surface area contributed by atoms with Crippen LogP contribution in [0.15, 0.2) is 22.1 Å². The van der Waals surface area contributed by atoms with Crippen LogP contribution in [0.4, 0.5) is 13.2 Å². The fourth-order valence-corrected chi connectivity index (χ4v) is 2.43. The van der Waals surface area contributed by atoms with Gasteiger partial charge in [0.05, 0.1) is 20.2 Å². The summed E-state index contributed by atoms with van der Waals surface area (Å²) in [5, 5.41) is 0. The maximum absolute atomic E-state index is 12.0. The van der Waals surface area contributed by atoms with Crippen LogP contribution < -0.4 is 4.74 Å². The highest BCUT2D eigenvalue weighted by Crippen LogP contribution is 2.36. The third-order valence-corrected chi connectivity index (χ3v) is 3.19. The molecule has 1 aromatic heterocycles. The maximum atomic E-state index is 12.0. The van der Waals surface area contributed by atoms with E-state index in [2.05, 4.69) is 25.7 Å². The summed E-state index contributed by atoms with van der Waals surface area (Å²) < 4.78 is 40.8. The van der Waals surface area contributed by atoms with E-state index in [-0.39, 0.29) is 10.2 Å². The minimum absolute atomic E-state index is 0.221. The predicted molar refractivity (Wildman–Crippen MR) is 54.0 cm³/mol. The highest BCUT2D eigenvalue weighted by molar-refractivity contribution is 9.10. The van der Waals surface area contributed by atoms with Crippen molar-refractivity contribution in [1.82, 2.24) is 4.98 Å². The van der Waals surface area contributed by atoms with Crippen molar-refractivity contribution >= 4 is 37.5 Å². The van der Waals surface area contributed by atoms with Crippen molar-refractivity contribution in [2.75, 3.05) is 0 Å². The standard InChI is InChI=1S/C8H3BrF3NOS/c9-6-4(14-8(10,11)12)1-2-5-7(6)13-3-15-5/h1-3H. The van der Waals surface area contributed by atoms with Gasteiger partial charge in [-0.15, -0.1) is 24.5 Å². The Kier molecular flexibility index (Phi) is 2.59. The average molecular weight is 298 g/mol. The third kappa shape index (κ3) is 2.23. The number of alkyl halides is 3. The van der Waals surface area contributed by atoms with Gasteiger partial charge in [-0.25, -0.2) is 4.98 Å². The summed E-state index contributed by atoms with van der Waals surface area (Å²) in [6.07, 6.45) is -4.69. The van der Waals surface area contributed by atoms with Gasteiger partial charge in [-0.05, 0) is 28.1 Å². The monoisotopic (exact) mass is 297 g/mol. The number of ether oxygens (including phenoxy) is 1. The molecule has 0 fully saturated rings. The van der Waals surface area contributed by atoms with Crippen LogP contribution in [0.1, 0.15) is 0 Å². The number of hydrogen-bond acceptors (Lipinski definition) is 3. The first-order valence-electron chi connectivity index (χ1n) is 3.75. The minimum atomic E-state index is -4.69. The van der Waals surface area contributed by atoms with Gasteiger partial charge in [0.1, 0.15) is 5.75 Å². The summed E-state index contributed by atoms with van der Waals surface area (Å²) in [4.78, 5) is 3.93. The Morgan fingerprint density at radius 1 is 1.33 bits per heavy atom. The van der Waals surface area contributed by atoms with E-state index < -0.39 is 6.36 Å². The third-order valence-electron chi connectivity index (χ3n) is 1.63. The largest absolute Gasteiger partial charge is 0.573 e. The van der Waals surface area contributed by atoms with E-state index in [0.29, 0.717) is 5.52 Å². The zero-order chi connectivity index (χ0) is 11.1. The summed E-state index contributed by atoms with van der Waals surface area (Å²) in [5.74, 6) is -0.277. The first-order chi connectivity index (χ1) is 6.97. The normalized spacial score (nSPS) is 12.0. The quantitative estimate of drug-likeness (QED) is 0.795. The second-order valence-corrected chi connectivity index (χ2v) is 4.30. The van der Waals surface area contributed by atoms with E-state index in [1.165, 1.54) is 17.4 Å². The highest BCUT2D eigenvalue weighted by Gasteiger charge is 2.32. The van der Waals surface area contributed by atoms with Crippen molar-refractivity contribution in [2.24, 2.45) is 0 Å². The number of benzene rings is 1. The van der Waals surface area contributed by atoms with Crippen LogP contribution >= 0.6 is 27.3 Å². The molecule has 0 aliphatic rings. The van der Waals surface area contributed by atoms with E-state index in [1.54, 1.807) is 11.6 Å². The molecule has 0 aliphatic carbocycles. The average Bonchev–Trinajstić information content (AvgIpc) is 2.56. The Morgan fingerprint density at radius 2 is 2.07 bits per heavy atom. The molecular weight excluding hydrogens is 295 g/mol. The summed E-state index contributed by atoms with van der Waals surface area (Å²) in [6, 6.07) is 2.80. The lowest BCUT2D eigenvalue weighted by molar-refractivity contribution is -0.274. The molecular formula is C8H3BrF3NOS. The van der Waals surface area contributed by atoms with Gasteiger partial charge < -0.3 is 4.74 Å². The predicted octanol–water partition coefficient (Wildman–Crippen LogP) is 3.96. The van der Waals surface area contributed by atoms with Crippen molar-refractivity contribution in [1.29, 1.82) is 0 Å². The molecule has 2 nitrogen and oxygen atoms in total. The summed E-state index contributed by atoms with van der Waals surface area (Å²) >= 11 is 4.38. The lowest BCUT2D eigenvalue weighted by atomic mass is 10.3. The number of aromatic nitrogens is 1. The van der Waals surface area contributed by atoms with Crippen LogP contribution in [-0.4, -0.2) is 11.3 Å². The maximum Gasteiger partial charge on any atom is 0.573 e. The molecule has 1 aromatic carbocycles. The molecule has 7 heteroatoms. The van der Waals surface area contributed by atoms with Gasteiger partial charge in [-0.1, -0.05) is 0 Å². The van der Waals surface area contributed by atoms with Crippen molar-refractivity contribution in [3.8, 4) is 5.75 Å². The lowest BCUT2D eigenvalue weighted by Crippen LogP contribution is -2.17. The van der Waals surface area contributed by atoms with E-state index in [9.17, 15) is 13.2 Å². The van der Waals surface area contributed by atoms with Crippen LogP contribution in [0.2, 0.25) is 0 Å². The number of thiazole rings is 1. The smallest absolute Gasteiger partial charge is 0.404 e. The van der Waals surface area contributed by atoms with E-state index in [0.717, 1.165) is 4.70 Å². The molecule has 80 valence electrons. The number of nitrogens with zero attached hydrogens (tertiary/aromatic N) is 1. The summed E-state index contributed by atoms with van der Waals surface area (Å²) in [7, 11) is 0. The van der Waals surface area contributed by atoms with Gasteiger partial charge in [-0.2, -0.15) is 0 Å². The van der Waals surface area contributed by atoms with Gasteiger partial charge in [-0.3, -0.25) is 0 Å². The first kappa shape index (κ1) is 10.7. The second kappa shape index (κ2) is 3.64. The molecule has 1 heterocycles. The molecule has 0 saturated carbocycles. The molecule has 0 radical (unpaired) electrons. The SMILES string of the molecule is FC(F)(F)Oc1ccc2scnc2c1Br. The van der Waals surface area contributed by atoms with Crippen LogP contribution in [0.25, 0.3) is 10.2 Å². The number of fused-ring (bicyclic) bond motifs is 1. The van der Waals surface area contributed by atoms with Crippen molar-refractivity contribution in [3.63, 3.8) is 0 Å². The number of hydrogen-bond donors (Lipinski definition) is 0. The van der Waals surface area contributed by atoms with E-state index in [1.807, 2.05) is 0 Å². The number of halogens is 4. The van der Waals surface area contributed by atoms with Crippen LogP contribution in [0.3, 0.4) is 0 Å². The Bertz CT molecular complexity index is 496. The molecule has 0 amide bonds. The Hall–Kier alpha value is -0.820. The van der Waals surface area contributed by atoms with Crippen molar-refractivity contribution in [2.45, 2.75) is 6.36 Å². The molecule has 0 bridgehead atoms. The van der Waals surface area contributed by atoms with Crippen LogP contribution in [-0.2, 0) is 0 Å². The summed E-state index contributed by atoms with van der Waals surface area (Å²) in [5.41, 5.74) is 2.04. The molecule has 0 N–H and O–H groups in total. The van der Waals surface area contributed by atoms with Crippen LogP contribution in [0.5, 0.6) is 5.75 Å². The number of rotatable bonds is 1. The zero-order valence-corrected chi connectivity index (χ0v) is 9.41. The summed E-state index contributed by atoms with van der Waals surface area (Å²) in [6.45, 7) is 0. The van der Waals surface area contributed by atoms with Gasteiger partial charge >= 0.3 is 6.36 Å². The molecule has 0 saturated heterocycles. The van der Waals surface area contributed by atoms with E-state index >= 15 is 0 Å². The minimum Gasteiger partial charge on any atom is -0.404 e. The molecule has 0 spiro atoms. The molecule has 2 rings (SSSR count). The zero-order valence-electron chi connectivity index (χ0n) is 7.01. The fraction of sp³-hybridized carbons (Fsp3) is 0.125. The fourth-order valence-electron chi connectivity index (χ4n) is 1.08. The Labute approximate surface area is 94.8 Å². The molecule has 0 atom stereocenters. The first-order valence-corrected chi connectivity index (χ1v) is 5.42. The van der Waals surface area contributed by atoms with Gasteiger partial charge in [0.2, 0.25) is 0 Å². The van der Waals surface area contributed by atoms with E-state index in [4.69, 9.17) is 0 Å². The molecule has 15 heavy (non-hydrogen) atoms. The topological polar surface area (TPSA) is 22.1 Å². The lowest BCUT2D eigenvalue weighted by Gasteiger charge is -2.10. The van der Waals surface area contributed by atoms with Crippen molar-refractivity contribution in [3.05, 3.63) is 22.1 Å². The van der Waals surface area contributed by atoms with Gasteiger partial charge in [0.25, 0.3) is 0 Å². The molecule has 2 aromatic rings. The Balaban J connectivity index is 2.48. The van der Waals surface area contributed by atoms with Gasteiger partial charge in [0.15, 0.2) is 0 Å². The second-order valence-electron chi connectivity index (χ2n) is 2.62. The van der Waals surface area contributed by atoms with Gasteiger partial charge in [0, 0.05) is 0 Å². The molecule has 0 aliphatic heterocycles. The van der Waals surface area contributed by atoms with Crippen LogP contribution in [0, 0.1) is 0 Å². The highest BCUT2D eigenvalue weighted by atomic mass is 79.9.